The third-order valence-corrected chi connectivity index (χ3v) is 10.7. The summed E-state index contributed by atoms with van der Waals surface area (Å²) >= 11 is 0. The summed E-state index contributed by atoms with van der Waals surface area (Å²) in [5, 5.41) is 9.50. The molecule has 4 bridgehead atoms. The first-order valence-electron chi connectivity index (χ1n) is 13.9. The fourth-order valence-electron chi connectivity index (χ4n) is 8.25. The molecular formula is C28H41F6O4Rf-. The maximum atomic E-state index is 13.1. The van der Waals surface area contributed by atoms with Crippen molar-refractivity contribution in [3.63, 3.8) is 0 Å². The number of alkyl halides is 6. The molecule has 0 aliphatic heterocycles. The summed E-state index contributed by atoms with van der Waals surface area (Å²) in [6.07, 6.45) is -7.26. The van der Waals surface area contributed by atoms with Crippen molar-refractivity contribution in [2.75, 3.05) is 6.61 Å². The SMILES string of the molecule is [CH2-]CC(C)(C)OC(=O)C1CC2CC1C(C)C2CCC1C(C)C2CC(OCC(O)(C(F)(F)F)C(F)(F)F)C1C2.[Rf]. The molecule has 11 heteroatoms. The fraction of sp³-hybridized carbons (Fsp3) is 0.929. The molecule has 10 atom stereocenters. The molecule has 4 fully saturated rings. The molecule has 4 aliphatic rings. The second kappa shape index (κ2) is 10.4. The number of rotatable bonds is 9. The quantitative estimate of drug-likeness (QED) is 0.159. The van der Waals surface area contributed by atoms with E-state index in [9.17, 15) is 36.2 Å². The van der Waals surface area contributed by atoms with E-state index in [1.165, 1.54) is 0 Å². The number of fused-ring (bicyclic) bond motifs is 4. The summed E-state index contributed by atoms with van der Waals surface area (Å²) in [7, 11) is 0. The van der Waals surface area contributed by atoms with Crippen molar-refractivity contribution in [3.8, 4) is 0 Å². The molecule has 4 rings (SSSR count). The van der Waals surface area contributed by atoms with Crippen LogP contribution in [0.4, 0.5) is 26.3 Å². The van der Waals surface area contributed by atoms with Gasteiger partial charge in [-0.25, -0.2) is 0 Å². The van der Waals surface area contributed by atoms with Gasteiger partial charge < -0.3 is 21.5 Å². The Hall–Kier alpha value is -2.03. The summed E-state index contributed by atoms with van der Waals surface area (Å²) in [4.78, 5) is 12.8. The number of hydrogen-bond acceptors (Lipinski definition) is 4. The summed E-state index contributed by atoms with van der Waals surface area (Å²) in [5.41, 5.74) is -5.46. The minimum atomic E-state index is -5.87. The van der Waals surface area contributed by atoms with Crippen LogP contribution < -0.4 is 0 Å². The van der Waals surface area contributed by atoms with Crippen LogP contribution in [0.5, 0.6) is 0 Å². The Balaban J connectivity index is 0.00000420. The molecule has 39 heavy (non-hydrogen) atoms. The van der Waals surface area contributed by atoms with Gasteiger partial charge in [-0.15, -0.1) is 6.42 Å². The number of hydrogen-bond donors (Lipinski definition) is 1. The Labute approximate surface area is 221 Å². The zero-order chi connectivity index (χ0) is 28.4. The molecule has 222 valence electrons. The maximum absolute atomic E-state index is 13.1. The number of ether oxygens (including phenoxy) is 2. The van der Waals surface area contributed by atoms with Crippen molar-refractivity contribution in [2.24, 2.45) is 53.3 Å². The molecule has 1 N–H and O–H groups in total. The molecule has 0 spiro atoms. The Kier molecular flexibility index (Phi) is 8.42. The third-order valence-electron chi connectivity index (χ3n) is 10.7. The molecule has 10 unspecified atom stereocenters. The van der Waals surface area contributed by atoms with E-state index in [0.717, 1.165) is 32.1 Å². The zero-order valence-corrected chi connectivity index (χ0v) is 29.7. The van der Waals surface area contributed by atoms with Crippen LogP contribution in [-0.4, -0.2) is 47.3 Å². The van der Waals surface area contributed by atoms with Gasteiger partial charge >= 0.3 is 18.3 Å². The number of carbonyl (C=O) groups is 1. The average Bonchev–Trinajstić information content (AvgIpc) is 3.55. The maximum Gasteiger partial charge on any atom is 0.428 e. The van der Waals surface area contributed by atoms with Crippen molar-refractivity contribution in [1.82, 2.24) is 0 Å². The van der Waals surface area contributed by atoms with Gasteiger partial charge in [-0.1, -0.05) is 13.8 Å². The van der Waals surface area contributed by atoms with Crippen molar-refractivity contribution >= 4 is 5.97 Å². The largest absolute Gasteiger partial charge is 0.462 e. The van der Waals surface area contributed by atoms with Gasteiger partial charge in [0, 0.05) is 0 Å². The van der Waals surface area contributed by atoms with E-state index in [2.05, 4.69) is 20.8 Å². The van der Waals surface area contributed by atoms with Gasteiger partial charge in [0.05, 0.1) is 24.2 Å². The first-order chi connectivity index (χ1) is 17.4. The van der Waals surface area contributed by atoms with Crippen molar-refractivity contribution < 1.29 is 45.7 Å². The van der Waals surface area contributed by atoms with Crippen LogP contribution in [0.1, 0.15) is 72.6 Å². The van der Waals surface area contributed by atoms with Crippen LogP contribution >= 0.6 is 0 Å². The fourth-order valence-corrected chi connectivity index (χ4v) is 8.25. The summed E-state index contributed by atoms with van der Waals surface area (Å²) < 4.78 is 89.5. The molecule has 4 aliphatic carbocycles. The van der Waals surface area contributed by atoms with E-state index in [-0.39, 0.29) is 35.6 Å². The zero-order valence-electron chi connectivity index (χ0n) is 23.3. The number of aliphatic hydroxyl groups is 1. The minimum absolute atomic E-state index is 0. The molecular weight excluding hydrogens is 781 g/mol. The molecule has 0 amide bonds. The Morgan fingerprint density at radius 2 is 1.44 bits per heavy atom. The van der Waals surface area contributed by atoms with Crippen LogP contribution in [0.2, 0.25) is 0 Å². The summed E-state index contributed by atoms with van der Waals surface area (Å²) in [6, 6.07) is 0. The molecule has 0 aromatic carbocycles. The van der Waals surface area contributed by atoms with Crippen molar-refractivity contribution in [1.29, 1.82) is 0 Å². The van der Waals surface area contributed by atoms with E-state index in [0.29, 0.717) is 36.5 Å². The van der Waals surface area contributed by atoms with E-state index < -0.39 is 36.3 Å². The van der Waals surface area contributed by atoms with Gasteiger partial charge in [0.25, 0.3) is 5.60 Å². The normalized spacial score (nSPS) is 38.3. The first-order valence-corrected chi connectivity index (χ1v) is 13.9. The summed E-state index contributed by atoms with van der Waals surface area (Å²) in [5.74, 6) is 1.82. The smallest absolute Gasteiger partial charge is 0.428 e. The molecule has 0 aromatic heterocycles. The van der Waals surface area contributed by atoms with Crippen LogP contribution in [0, 0.1) is 60.2 Å². The predicted molar refractivity (Wildman–Crippen MR) is 127 cm³/mol. The average molecular weight is 823 g/mol. The second-order valence-corrected chi connectivity index (χ2v) is 13.2. The Morgan fingerprint density at radius 1 is 0.872 bits per heavy atom. The van der Waals surface area contributed by atoms with Crippen LogP contribution in [0.3, 0.4) is 0 Å². The predicted octanol–water partition coefficient (Wildman–Crippen LogP) is 6.75. The van der Waals surface area contributed by atoms with Crippen LogP contribution in [-0.2, 0) is 14.3 Å². The first kappa shape index (κ1) is 31.5. The minimum Gasteiger partial charge on any atom is -0.462 e. The van der Waals surface area contributed by atoms with E-state index in [1.807, 2.05) is 13.8 Å². The molecule has 4 saturated carbocycles. The van der Waals surface area contributed by atoms with Gasteiger partial charge in [0.2, 0.25) is 0 Å². The van der Waals surface area contributed by atoms with Crippen LogP contribution in [0.25, 0.3) is 0 Å². The van der Waals surface area contributed by atoms with Crippen molar-refractivity contribution in [3.05, 3.63) is 6.92 Å². The number of halogens is 6. The standard InChI is InChI=1S/C28H41F6O4.Rf/c1-6-25(4,5)38-24(35)22-11-17-10-20(22)15(3)18(17)7-8-19-14(2)16-9-21(19)23(12-16)37-13-26(36,27(29,30)31)28(32,33)34;/h14-23,36H,1,6-13H2,2-5H3;/q-1;. The second-order valence-electron chi connectivity index (χ2n) is 13.2. The molecule has 0 aromatic rings. The van der Waals surface area contributed by atoms with Crippen molar-refractivity contribution in [2.45, 2.75) is 102 Å². The number of carbonyl (C=O) groups excluding carboxylic acids is 1. The van der Waals surface area contributed by atoms with E-state index in [4.69, 9.17) is 9.47 Å². The monoisotopic (exact) mass is 822 g/mol. The molecule has 0 radical (unpaired) electrons. The van der Waals surface area contributed by atoms with Gasteiger partial charge in [-0.3, -0.25) is 4.79 Å². The topological polar surface area (TPSA) is 55.8 Å². The molecule has 4 nitrogen and oxygen atoms in total. The third kappa shape index (κ3) is 5.49. The van der Waals surface area contributed by atoms with Crippen LogP contribution in [0.15, 0.2) is 0 Å². The van der Waals surface area contributed by atoms with Gasteiger partial charge in [-0.05, 0) is 99.7 Å². The van der Waals surface area contributed by atoms with Gasteiger partial charge in [0.1, 0.15) is 0 Å². The van der Waals surface area contributed by atoms with E-state index >= 15 is 0 Å². The van der Waals surface area contributed by atoms with Gasteiger partial charge in [0.15, 0.2) is 0 Å². The van der Waals surface area contributed by atoms with Gasteiger partial charge in [-0.2, -0.15) is 26.3 Å². The molecule has 0 heterocycles. The van der Waals surface area contributed by atoms with E-state index in [1.54, 1.807) is 0 Å². The summed E-state index contributed by atoms with van der Waals surface area (Å²) in [6.45, 7) is 10.0. The Bertz CT molecular complexity index is 861. The Morgan fingerprint density at radius 3 is 1.95 bits per heavy atom. The molecule has 0 saturated heterocycles. The number of esters is 1.